The Morgan fingerprint density at radius 1 is 1.06 bits per heavy atom. The minimum Gasteiger partial charge on any atom is -0.302 e. The maximum atomic E-state index is 13.9. The average Bonchev–Trinajstić information content (AvgIpc) is 3.24. The SMILES string of the molecule is O=C(Cc1ccc(S(=O)(=O)N2CCCCC2)cc1)Nc1nc(-c2cc(F)ccc2F)cs1. The molecular formula is C22H21F2N3O3S2. The number of thiazole rings is 1. The van der Waals surface area contributed by atoms with Crippen molar-refractivity contribution < 1.29 is 22.0 Å². The van der Waals surface area contributed by atoms with Crippen molar-refractivity contribution >= 4 is 32.4 Å². The smallest absolute Gasteiger partial charge is 0.243 e. The van der Waals surface area contributed by atoms with Crippen molar-refractivity contribution in [3.05, 3.63) is 65.0 Å². The Hall–Kier alpha value is -2.69. The third-order valence-corrected chi connectivity index (χ3v) is 7.87. The first-order valence-electron chi connectivity index (χ1n) is 10.1. The predicted octanol–water partition coefficient (Wildman–Crippen LogP) is 4.44. The molecule has 1 saturated heterocycles. The number of halogens is 2. The Kier molecular flexibility index (Phi) is 6.63. The third-order valence-electron chi connectivity index (χ3n) is 5.20. The zero-order valence-corrected chi connectivity index (χ0v) is 18.7. The van der Waals surface area contributed by atoms with E-state index in [9.17, 15) is 22.0 Å². The maximum Gasteiger partial charge on any atom is 0.243 e. The number of anilines is 1. The van der Waals surface area contributed by atoms with Crippen LogP contribution in [-0.4, -0.2) is 36.7 Å². The minimum absolute atomic E-state index is 0.0206. The van der Waals surface area contributed by atoms with Crippen LogP contribution < -0.4 is 5.32 Å². The van der Waals surface area contributed by atoms with Gasteiger partial charge in [0.2, 0.25) is 15.9 Å². The molecule has 0 aliphatic carbocycles. The lowest BCUT2D eigenvalue weighted by atomic mass is 10.1. The molecule has 1 aliphatic heterocycles. The summed E-state index contributed by atoms with van der Waals surface area (Å²) in [5, 5.41) is 4.43. The van der Waals surface area contributed by atoms with Crippen LogP contribution in [0.4, 0.5) is 13.9 Å². The van der Waals surface area contributed by atoms with Gasteiger partial charge in [-0.1, -0.05) is 18.6 Å². The summed E-state index contributed by atoms with van der Waals surface area (Å²) in [5.41, 5.74) is 0.898. The number of hydrogen-bond donors (Lipinski definition) is 1. The fourth-order valence-electron chi connectivity index (χ4n) is 3.53. The lowest BCUT2D eigenvalue weighted by Crippen LogP contribution is -2.35. The number of piperidine rings is 1. The highest BCUT2D eigenvalue weighted by atomic mass is 32.2. The zero-order valence-electron chi connectivity index (χ0n) is 17.1. The molecule has 1 aromatic heterocycles. The molecule has 10 heteroatoms. The molecule has 1 N–H and O–H groups in total. The number of carbonyl (C=O) groups is 1. The van der Waals surface area contributed by atoms with Crippen molar-refractivity contribution in [1.82, 2.24) is 9.29 Å². The van der Waals surface area contributed by atoms with Gasteiger partial charge in [0.25, 0.3) is 0 Å². The highest BCUT2D eigenvalue weighted by Gasteiger charge is 2.25. The number of hydrogen-bond acceptors (Lipinski definition) is 5. The van der Waals surface area contributed by atoms with Crippen LogP contribution in [0.5, 0.6) is 0 Å². The summed E-state index contributed by atoms with van der Waals surface area (Å²) in [6, 6.07) is 9.36. The van der Waals surface area contributed by atoms with Crippen molar-refractivity contribution in [2.45, 2.75) is 30.6 Å². The van der Waals surface area contributed by atoms with Crippen molar-refractivity contribution in [2.75, 3.05) is 18.4 Å². The fourth-order valence-corrected chi connectivity index (χ4v) is 5.77. The molecule has 0 radical (unpaired) electrons. The number of nitrogens with one attached hydrogen (secondary N) is 1. The van der Waals surface area contributed by atoms with Gasteiger partial charge in [-0.25, -0.2) is 22.2 Å². The van der Waals surface area contributed by atoms with Crippen LogP contribution in [0.25, 0.3) is 11.3 Å². The van der Waals surface area contributed by atoms with Crippen molar-refractivity contribution in [1.29, 1.82) is 0 Å². The second-order valence-corrected chi connectivity index (χ2v) is 10.3. The predicted molar refractivity (Wildman–Crippen MR) is 119 cm³/mol. The monoisotopic (exact) mass is 477 g/mol. The standard InChI is InChI=1S/C22H21F2N3O3S2/c23-16-6-9-19(24)18(13-16)20-14-31-22(25-20)26-21(28)12-15-4-7-17(8-5-15)32(29,30)27-10-2-1-3-11-27/h4-9,13-14H,1-3,10-12H2,(H,25,26,28). The van der Waals surface area contributed by atoms with Crippen LogP contribution >= 0.6 is 11.3 Å². The van der Waals surface area contributed by atoms with Gasteiger partial charge in [0, 0.05) is 24.0 Å². The normalized spacial score (nSPS) is 14.9. The van der Waals surface area contributed by atoms with Crippen LogP contribution in [-0.2, 0) is 21.2 Å². The molecule has 32 heavy (non-hydrogen) atoms. The van der Waals surface area contributed by atoms with E-state index in [0.29, 0.717) is 18.7 Å². The molecule has 6 nitrogen and oxygen atoms in total. The van der Waals surface area contributed by atoms with E-state index >= 15 is 0 Å². The Labute approximate surface area is 189 Å². The molecule has 168 valence electrons. The molecule has 0 atom stereocenters. The van der Waals surface area contributed by atoms with Gasteiger partial charge in [0.05, 0.1) is 17.0 Å². The summed E-state index contributed by atoms with van der Waals surface area (Å²) >= 11 is 1.10. The summed E-state index contributed by atoms with van der Waals surface area (Å²) in [7, 11) is -3.52. The van der Waals surface area contributed by atoms with E-state index in [1.807, 2.05) is 0 Å². The van der Waals surface area contributed by atoms with E-state index in [2.05, 4.69) is 10.3 Å². The first-order valence-corrected chi connectivity index (χ1v) is 12.4. The molecule has 2 heterocycles. The Morgan fingerprint density at radius 2 is 1.78 bits per heavy atom. The van der Waals surface area contributed by atoms with Gasteiger partial charge in [0.1, 0.15) is 11.6 Å². The lowest BCUT2D eigenvalue weighted by molar-refractivity contribution is -0.115. The summed E-state index contributed by atoms with van der Waals surface area (Å²) in [6.45, 7) is 1.06. The van der Waals surface area contributed by atoms with E-state index in [0.717, 1.165) is 48.8 Å². The van der Waals surface area contributed by atoms with Crippen molar-refractivity contribution in [2.24, 2.45) is 0 Å². The Bertz CT molecular complexity index is 1220. The Balaban J connectivity index is 1.39. The Morgan fingerprint density at radius 3 is 2.50 bits per heavy atom. The van der Waals surface area contributed by atoms with E-state index in [1.54, 1.807) is 12.1 Å². The third kappa shape index (κ3) is 5.03. The summed E-state index contributed by atoms with van der Waals surface area (Å²) in [4.78, 5) is 16.7. The fraction of sp³-hybridized carbons (Fsp3) is 0.273. The second kappa shape index (κ2) is 9.43. The first-order chi connectivity index (χ1) is 15.3. The number of benzene rings is 2. The maximum absolute atomic E-state index is 13.9. The van der Waals surface area contributed by atoms with Gasteiger partial charge < -0.3 is 5.32 Å². The number of amides is 1. The molecule has 0 saturated carbocycles. The van der Waals surface area contributed by atoms with Crippen LogP contribution in [0.15, 0.2) is 52.7 Å². The van der Waals surface area contributed by atoms with E-state index in [1.165, 1.54) is 21.8 Å². The molecule has 1 fully saturated rings. The van der Waals surface area contributed by atoms with Gasteiger partial charge in [-0.15, -0.1) is 11.3 Å². The van der Waals surface area contributed by atoms with Gasteiger partial charge in [-0.3, -0.25) is 4.79 Å². The van der Waals surface area contributed by atoms with E-state index in [-0.39, 0.29) is 33.6 Å². The first kappa shape index (κ1) is 22.5. The van der Waals surface area contributed by atoms with Crippen molar-refractivity contribution in [3.63, 3.8) is 0 Å². The van der Waals surface area contributed by atoms with Crippen LogP contribution in [0.3, 0.4) is 0 Å². The largest absolute Gasteiger partial charge is 0.302 e. The van der Waals surface area contributed by atoms with E-state index in [4.69, 9.17) is 0 Å². The summed E-state index contributed by atoms with van der Waals surface area (Å²) in [6.07, 6.45) is 2.79. The quantitative estimate of drug-likeness (QED) is 0.569. The summed E-state index contributed by atoms with van der Waals surface area (Å²) in [5.74, 6) is -1.53. The van der Waals surface area contributed by atoms with Gasteiger partial charge in [0.15, 0.2) is 5.13 Å². The minimum atomic E-state index is -3.52. The highest BCUT2D eigenvalue weighted by molar-refractivity contribution is 7.89. The molecular weight excluding hydrogens is 456 g/mol. The average molecular weight is 478 g/mol. The number of rotatable bonds is 6. The topological polar surface area (TPSA) is 79.4 Å². The molecule has 0 spiro atoms. The van der Waals surface area contributed by atoms with Crippen LogP contribution in [0, 0.1) is 11.6 Å². The van der Waals surface area contributed by atoms with Crippen LogP contribution in [0.2, 0.25) is 0 Å². The number of aromatic nitrogens is 1. The molecule has 3 aromatic rings. The molecule has 1 aliphatic rings. The number of sulfonamides is 1. The van der Waals surface area contributed by atoms with Gasteiger partial charge in [-0.05, 0) is 48.7 Å². The molecule has 0 bridgehead atoms. The molecule has 1 amide bonds. The lowest BCUT2D eigenvalue weighted by Gasteiger charge is -2.25. The second-order valence-electron chi connectivity index (χ2n) is 7.50. The number of nitrogens with zero attached hydrogens (tertiary/aromatic N) is 2. The molecule has 4 rings (SSSR count). The summed E-state index contributed by atoms with van der Waals surface area (Å²) < 4.78 is 54.2. The van der Waals surface area contributed by atoms with E-state index < -0.39 is 21.7 Å². The molecule has 2 aromatic carbocycles. The zero-order chi connectivity index (χ0) is 22.7. The van der Waals surface area contributed by atoms with Gasteiger partial charge in [-0.2, -0.15) is 4.31 Å². The molecule has 0 unspecified atom stereocenters. The van der Waals surface area contributed by atoms with Crippen LogP contribution in [0.1, 0.15) is 24.8 Å². The number of carbonyl (C=O) groups excluding carboxylic acids is 1. The van der Waals surface area contributed by atoms with Gasteiger partial charge >= 0.3 is 0 Å². The highest BCUT2D eigenvalue weighted by Crippen LogP contribution is 2.28. The van der Waals surface area contributed by atoms with Crippen molar-refractivity contribution in [3.8, 4) is 11.3 Å².